The van der Waals surface area contributed by atoms with Gasteiger partial charge < -0.3 is 19.1 Å². The van der Waals surface area contributed by atoms with Gasteiger partial charge in [0.05, 0.1) is 20.3 Å². The van der Waals surface area contributed by atoms with Crippen LogP contribution in [0.25, 0.3) is 0 Å². The Morgan fingerprint density at radius 1 is 1.07 bits per heavy atom. The van der Waals surface area contributed by atoms with E-state index >= 15 is 0 Å². The van der Waals surface area contributed by atoms with E-state index in [-0.39, 0.29) is 18.6 Å². The number of nitrogens with zero attached hydrogens (tertiary/aromatic N) is 1. The molecule has 3 rings (SSSR count). The molecule has 1 aliphatic rings. The number of ether oxygens (including phenoxy) is 3. The second-order valence-electron chi connectivity index (χ2n) is 6.25. The number of halogens is 2. The number of hydrogen-bond donors (Lipinski definition) is 0. The Hall–Kier alpha value is -2.11. The van der Waals surface area contributed by atoms with E-state index < -0.39 is 0 Å². The predicted molar refractivity (Wildman–Crippen MR) is 105 cm³/mol. The zero-order chi connectivity index (χ0) is 19.4. The number of likely N-dealkylation sites (tertiary alicyclic amines) is 1. The smallest absolute Gasteiger partial charge is 0.261 e. The highest BCUT2D eigenvalue weighted by Gasteiger charge is 2.30. The average molecular weight is 410 g/mol. The van der Waals surface area contributed by atoms with Crippen molar-refractivity contribution in [3.8, 4) is 17.2 Å². The van der Waals surface area contributed by atoms with Crippen molar-refractivity contribution >= 4 is 29.1 Å². The van der Waals surface area contributed by atoms with Crippen molar-refractivity contribution < 1.29 is 19.0 Å². The van der Waals surface area contributed by atoms with Gasteiger partial charge in [0.15, 0.2) is 18.1 Å². The summed E-state index contributed by atoms with van der Waals surface area (Å²) < 4.78 is 16.3. The number of amides is 1. The molecule has 7 heteroatoms. The summed E-state index contributed by atoms with van der Waals surface area (Å²) >= 11 is 11.9. The minimum Gasteiger partial charge on any atom is -0.493 e. The van der Waals surface area contributed by atoms with Gasteiger partial charge in [-0.25, -0.2) is 0 Å². The Morgan fingerprint density at radius 3 is 2.44 bits per heavy atom. The van der Waals surface area contributed by atoms with Gasteiger partial charge in [0, 0.05) is 16.6 Å². The van der Waals surface area contributed by atoms with Crippen molar-refractivity contribution in [2.45, 2.75) is 18.9 Å². The maximum atomic E-state index is 12.7. The summed E-state index contributed by atoms with van der Waals surface area (Å²) in [4.78, 5) is 14.6. The Bertz CT molecular complexity index is 807. The third kappa shape index (κ3) is 4.60. The molecular formula is C20H21Cl2NO4. The van der Waals surface area contributed by atoms with E-state index in [1.165, 1.54) is 0 Å². The van der Waals surface area contributed by atoms with E-state index in [4.69, 9.17) is 37.4 Å². The fraction of sp³-hybridized carbons (Fsp3) is 0.350. The quantitative estimate of drug-likeness (QED) is 0.690. The molecule has 1 atom stereocenters. The highest BCUT2D eigenvalue weighted by Crippen LogP contribution is 2.37. The fourth-order valence-corrected chi connectivity index (χ4v) is 3.82. The summed E-state index contributed by atoms with van der Waals surface area (Å²) in [5.74, 6) is 1.71. The van der Waals surface area contributed by atoms with Crippen LogP contribution in [0, 0.1) is 0 Å². The van der Waals surface area contributed by atoms with Crippen molar-refractivity contribution in [3.63, 3.8) is 0 Å². The van der Waals surface area contributed by atoms with Crippen molar-refractivity contribution in [1.82, 2.24) is 4.90 Å². The molecule has 1 amide bonds. The van der Waals surface area contributed by atoms with E-state index in [0.717, 1.165) is 18.4 Å². The molecule has 0 radical (unpaired) electrons. The lowest BCUT2D eigenvalue weighted by Crippen LogP contribution is -2.34. The number of hydrogen-bond acceptors (Lipinski definition) is 4. The minimum atomic E-state index is -0.0802. The standard InChI is InChI=1S/C20H21Cl2NO4/c1-25-18-6-5-13(8-19(18)26-2)17-4-3-7-23(17)20(24)12-27-16-10-14(21)9-15(22)11-16/h5-6,8-11,17H,3-4,7,12H2,1-2H3. The van der Waals surface area contributed by atoms with Gasteiger partial charge in [-0.15, -0.1) is 0 Å². The molecule has 0 aromatic heterocycles. The molecule has 1 aliphatic heterocycles. The van der Waals surface area contributed by atoms with Crippen molar-refractivity contribution in [1.29, 1.82) is 0 Å². The molecular weight excluding hydrogens is 389 g/mol. The first-order valence-electron chi connectivity index (χ1n) is 8.62. The molecule has 0 aliphatic carbocycles. The second kappa shape index (κ2) is 8.72. The molecule has 1 fully saturated rings. The van der Waals surface area contributed by atoms with Crippen LogP contribution in [0.2, 0.25) is 10.0 Å². The van der Waals surface area contributed by atoms with Crippen LogP contribution in [0.15, 0.2) is 36.4 Å². The van der Waals surface area contributed by atoms with Gasteiger partial charge in [-0.05, 0) is 48.7 Å². The Kier molecular flexibility index (Phi) is 6.34. The lowest BCUT2D eigenvalue weighted by molar-refractivity contribution is -0.134. The number of rotatable bonds is 6. The van der Waals surface area contributed by atoms with Crippen LogP contribution in [0.3, 0.4) is 0 Å². The van der Waals surface area contributed by atoms with Crippen molar-refractivity contribution in [2.75, 3.05) is 27.4 Å². The fourth-order valence-electron chi connectivity index (χ4n) is 3.31. The number of carbonyl (C=O) groups excluding carboxylic acids is 1. The lowest BCUT2D eigenvalue weighted by Gasteiger charge is -2.25. The largest absolute Gasteiger partial charge is 0.493 e. The summed E-state index contributed by atoms with van der Waals surface area (Å²) in [5.41, 5.74) is 1.02. The zero-order valence-corrected chi connectivity index (χ0v) is 16.7. The molecule has 27 heavy (non-hydrogen) atoms. The van der Waals surface area contributed by atoms with Crippen LogP contribution < -0.4 is 14.2 Å². The topological polar surface area (TPSA) is 48.0 Å². The van der Waals surface area contributed by atoms with Gasteiger partial charge >= 0.3 is 0 Å². The molecule has 5 nitrogen and oxygen atoms in total. The van der Waals surface area contributed by atoms with Crippen LogP contribution in [0.4, 0.5) is 0 Å². The van der Waals surface area contributed by atoms with Crippen LogP contribution in [-0.4, -0.2) is 38.2 Å². The first kappa shape index (κ1) is 19.6. The summed E-state index contributed by atoms with van der Waals surface area (Å²) in [6.45, 7) is 0.623. The predicted octanol–water partition coefficient (Wildman–Crippen LogP) is 4.75. The maximum Gasteiger partial charge on any atom is 0.261 e. The summed E-state index contributed by atoms with van der Waals surface area (Å²) in [6, 6.07) is 10.6. The van der Waals surface area contributed by atoms with Crippen LogP contribution in [-0.2, 0) is 4.79 Å². The van der Waals surface area contributed by atoms with E-state index in [1.807, 2.05) is 23.1 Å². The summed E-state index contributed by atoms with van der Waals surface area (Å²) in [5, 5.41) is 0.934. The van der Waals surface area contributed by atoms with E-state index in [2.05, 4.69) is 0 Å². The van der Waals surface area contributed by atoms with Gasteiger partial charge in [0.1, 0.15) is 5.75 Å². The van der Waals surface area contributed by atoms with E-state index in [9.17, 15) is 4.79 Å². The molecule has 0 bridgehead atoms. The summed E-state index contributed by atoms with van der Waals surface area (Å²) in [6.07, 6.45) is 1.83. The number of methoxy groups -OCH3 is 2. The van der Waals surface area contributed by atoms with E-state index in [0.29, 0.717) is 33.8 Å². The van der Waals surface area contributed by atoms with Crippen LogP contribution in [0.5, 0.6) is 17.2 Å². The Morgan fingerprint density at radius 2 is 1.78 bits per heavy atom. The SMILES string of the molecule is COc1ccc(C2CCCN2C(=O)COc2cc(Cl)cc(Cl)c2)cc1OC. The second-order valence-corrected chi connectivity index (χ2v) is 7.13. The zero-order valence-electron chi connectivity index (χ0n) is 15.2. The highest BCUT2D eigenvalue weighted by atomic mass is 35.5. The van der Waals surface area contributed by atoms with Gasteiger partial charge in [0.2, 0.25) is 0 Å². The molecule has 1 saturated heterocycles. The van der Waals surface area contributed by atoms with Gasteiger partial charge in [-0.3, -0.25) is 4.79 Å². The molecule has 1 heterocycles. The minimum absolute atomic E-state index is 0.0103. The highest BCUT2D eigenvalue weighted by molar-refractivity contribution is 6.34. The molecule has 0 N–H and O–H groups in total. The molecule has 0 spiro atoms. The lowest BCUT2D eigenvalue weighted by atomic mass is 10.0. The summed E-state index contributed by atoms with van der Waals surface area (Å²) in [7, 11) is 3.20. The molecule has 0 saturated carbocycles. The van der Waals surface area contributed by atoms with Gasteiger partial charge in [-0.2, -0.15) is 0 Å². The van der Waals surface area contributed by atoms with Crippen molar-refractivity contribution in [2.24, 2.45) is 0 Å². The van der Waals surface area contributed by atoms with Crippen LogP contribution >= 0.6 is 23.2 Å². The van der Waals surface area contributed by atoms with Gasteiger partial charge in [0.25, 0.3) is 5.91 Å². The molecule has 1 unspecified atom stereocenters. The Balaban J connectivity index is 1.71. The molecule has 2 aromatic carbocycles. The normalized spacial score (nSPS) is 16.3. The van der Waals surface area contributed by atoms with E-state index in [1.54, 1.807) is 32.4 Å². The monoisotopic (exact) mass is 409 g/mol. The average Bonchev–Trinajstić information content (AvgIpc) is 3.14. The first-order chi connectivity index (χ1) is 13.0. The van der Waals surface area contributed by atoms with Crippen molar-refractivity contribution in [3.05, 3.63) is 52.0 Å². The maximum absolute atomic E-state index is 12.7. The van der Waals surface area contributed by atoms with Gasteiger partial charge in [-0.1, -0.05) is 29.3 Å². The number of benzene rings is 2. The first-order valence-corrected chi connectivity index (χ1v) is 9.37. The van der Waals surface area contributed by atoms with Crippen LogP contribution in [0.1, 0.15) is 24.4 Å². The molecule has 144 valence electrons. The number of carbonyl (C=O) groups is 1. The third-order valence-electron chi connectivity index (χ3n) is 4.56. The molecule has 2 aromatic rings. The third-order valence-corrected chi connectivity index (χ3v) is 5.00. The Labute approximate surface area is 168 Å².